The van der Waals surface area contributed by atoms with E-state index in [1.165, 1.54) is 4.68 Å². The maximum atomic E-state index is 11.8. The number of hydrogen-bond acceptors (Lipinski definition) is 4. The second-order valence-electron chi connectivity index (χ2n) is 4.26. The van der Waals surface area contributed by atoms with Gasteiger partial charge in [-0.25, -0.2) is 4.68 Å². The maximum absolute atomic E-state index is 11.8. The fourth-order valence-electron chi connectivity index (χ4n) is 1.95. The first-order chi connectivity index (χ1) is 8.61. The molecule has 0 radical (unpaired) electrons. The molecule has 0 amide bonds. The van der Waals surface area contributed by atoms with Crippen LogP contribution < -0.4 is 10.9 Å². The molecule has 0 unspecified atom stereocenters. The largest absolute Gasteiger partial charge is 0.380 e. The van der Waals surface area contributed by atoms with Gasteiger partial charge >= 0.3 is 0 Å². The Morgan fingerprint density at radius 2 is 2.22 bits per heavy atom. The Morgan fingerprint density at radius 3 is 2.83 bits per heavy atom. The summed E-state index contributed by atoms with van der Waals surface area (Å²) < 4.78 is 12.6. The predicted octanol–water partition coefficient (Wildman–Crippen LogP) is 1.24. The Hall–Kier alpha value is -0.880. The van der Waals surface area contributed by atoms with Gasteiger partial charge in [-0.1, -0.05) is 11.6 Å². The lowest BCUT2D eigenvalue weighted by Crippen LogP contribution is -2.31. The first kappa shape index (κ1) is 13.5. The zero-order valence-corrected chi connectivity index (χ0v) is 11.8. The average molecular weight is 290 g/mol. The molecule has 0 aromatic carbocycles. The van der Waals surface area contributed by atoms with Crippen LogP contribution in [0.25, 0.3) is 0 Å². The molecule has 1 aromatic heterocycles. The number of nitrogens with zero attached hydrogens (tertiary/aromatic N) is 2. The van der Waals surface area contributed by atoms with Gasteiger partial charge in [-0.05, 0) is 19.8 Å². The number of rotatable bonds is 3. The fourth-order valence-corrected chi connectivity index (χ4v) is 3.45. The van der Waals surface area contributed by atoms with Crippen molar-refractivity contribution in [1.29, 1.82) is 0 Å². The van der Waals surface area contributed by atoms with Crippen LogP contribution in [0, 0.1) is 0 Å². The van der Waals surface area contributed by atoms with Crippen LogP contribution >= 0.6 is 11.6 Å². The van der Waals surface area contributed by atoms with Crippen molar-refractivity contribution in [1.82, 2.24) is 9.78 Å². The fraction of sp³-hybridized carbons (Fsp3) is 0.636. The molecule has 5 nitrogen and oxygen atoms in total. The zero-order valence-electron chi connectivity index (χ0n) is 10.2. The van der Waals surface area contributed by atoms with Gasteiger partial charge in [0.1, 0.15) is 5.02 Å². The summed E-state index contributed by atoms with van der Waals surface area (Å²) in [6.45, 7) is 2.34. The second-order valence-corrected chi connectivity index (χ2v) is 6.33. The summed E-state index contributed by atoms with van der Waals surface area (Å²) in [5, 5.41) is 7.43. The smallest absolute Gasteiger partial charge is 0.287 e. The number of aromatic nitrogens is 2. The summed E-state index contributed by atoms with van der Waals surface area (Å²) in [7, 11) is -0.688. The number of hydrogen-bond donors (Lipinski definition) is 1. The van der Waals surface area contributed by atoms with Crippen LogP contribution in [0.2, 0.25) is 5.02 Å². The lowest BCUT2D eigenvalue weighted by molar-refractivity contribution is 0.607. The molecular weight excluding hydrogens is 274 g/mol. The van der Waals surface area contributed by atoms with Gasteiger partial charge in [-0.3, -0.25) is 9.00 Å². The molecule has 0 spiro atoms. The van der Waals surface area contributed by atoms with E-state index in [-0.39, 0.29) is 16.6 Å². The minimum Gasteiger partial charge on any atom is -0.380 e. The first-order valence-corrected chi connectivity index (χ1v) is 7.85. The molecule has 0 bridgehead atoms. The third-order valence-electron chi connectivity index (χ3n) is 3.03. The standard InChI is InChI=1S/C11H16ClN3O2S/c1-2-15-11(16)10(12)9(7-13-15)14-8-3-5-18(17)6-4-8/h7-8,14H,2-6H2,1H3. The number of halogens is 1. The molecular formula is C11H16ClN3O2S. The molecule has 0 atom stereocenters. The number of anilines is 1. The Kier molecular flexibility index (Phi) is 4.40. The molecule has 2 heterocycles. The molecule has 1 saturated heterocycles. The zero-order chi connectivity index (χ0) is 13.1. The Labute approximate surface area is 113 Å². The van der Waals surface area contributed by atoms with Gasteiger partial charge in [0.05, 0.1) is 11.9 Å². The van der Waals surface area contributed by atoms with Gasteiger partial charge in [0, 0.05) is 34.9 Å². The topological polar surface area (TPSA) is 64.0 Å². The molecule has 1 aliphatic rings. The van der Waals surface area contributed by atoms with E-state index in [4.69, 9.17) is 11.6 Å². The third-order valence-corrected chi connectivity index (χ3v) is 4.78. The van der Waals surface area contributed by atoms with Gasteiger partial charge in [-0.2, -0.15) is 5.10 Å². The van der Waals surface area contributed by atoms with Crippen molar-refractivity contribution < 1.29 is 4.21 Å². The Morgan fingerprint density at radius 1 is 1.56 bits per heavy atom. The molecule has 0 saturated carbocycles. The van der Waals surface area contributed by atoms with Crippen LogP contribution in [0.5, 0.6) is 0 Å². The van der Waals surface area contributed by atoms with Gasteiger partial charge in [0.25, 0.3) is 5.56 Å². The van der Waals surface area contributed by atoms with Crippen molar-refractivity contribution in [2.45, 2.75) is 32.4 Å². The van der Waals surface area contributed by atoms with Gasteiger partial charge in [0.15, 0.2) is 0 Å². The molecule has 1 N–H and O–H groups in total. The van der Waals surface area contributed by atoms with E-state index in [9.17, 15) is 9.00 Å². The SMILES string of the molecule is CCn1ncc(NC2CCS(=O)CC2)c(Cl)c1=O. The lowest BCUT2D eigenvalue weighted by atomic mass is 10.1. The average Bonchev–Trinajstić information content (AvgIpc) is 2.38. The molecule has 100 valence electrons. The van der Waals surface area contributed by atoms with Crippen LogP contribution in [0.1, 0.15) is 19.8 Å². The summed E-state index contributed by atoms with van der Waals surface area (Å²) >= 11 is 6.03. The molecule has 1 aromatic rings. The van der Waals surface area contributed by atoms with Gasteiger partial charge in [0.2, 0.25) is 0 Å². The van der Waals surface area contributed by atoms with Crippen molar-refractivity contribution in [3.8, 4) is 0 Å². The number of aryl methyl sites for hydroxylation is 1. The highest BCUT2D eigenvalue weighted by Crippen LogP contribution is 2.20. The summed E-state index contributed by atoms with van der Waals surface area (Å²) in [6, 6.07) is 0.221. The van der Waals surface area contributed by atoms with Crippen LogP contribution in [0.4, 0.5) is 5.69 Å². The molecule has 0 aliphatic carbocycles. The Bertz CT molecular complexity index is 508. The van der Waals surface area contributed by atoms with Gasteiger partial charge in [-0.15, -0.1) is 0 Å². The van der Waals surface area contributed by atoms with Crippen molar-refractivity contribution in [3.05, 3.63) is 21.6 Å². The Balaban J connectivity index is 2.12. The molecule has 2 rings (SSSR count). The summed E-state index contributed by atoms with van der Waals surface area (Å²) in [5.41, 5.74) is 0.299. The molecule has 7 heteroatoms. The van der Waals surface area contributed by atoms with E-state index in [0.29, 0.717) is 23.7 Å². The maximum Gasteiger partial charge on any atom is 0.287 e. The van der Waals surface area contributed by atoms with Crippen molar-refractivity contribution >= 4 is 28.1 Å². The molecule has 1 aliphatic heterocycles. The van der Waals surface area contributed by atoms with Crippen LogP contribution in [0.15, 0.2) is 11.0 Å². The van der Waals surface area contributed by atoms with Crippen LogP contribution in [-0.4, -0.2) is 31.5 Å². The highest BCUT2D eigenvalue weighted by atomic mass is 35.5. The molecule has 1 fully saturated rings. The summed E-state index contributed by atoms with van der Waals surface area (Å²) in [5.74, 6) is 1.41. The number of nitrogens with one attached hydrogen (secondary N) is 1. The van der Waals surface area contributed by atoms with Gasteiger partial charge < -0.3 is 5.32 Å². The first-order valence-electron chi connectivity index (χ1n) is 5.99. The van der Waals surface area contributed by atoms with E-state index in [1.807, 2.05) is 6.92 Å². The highest BCUT2D eigenvalue weighted by molar-refractivity contribution is 7.85. The quantitative estimate of drug-likeness (QED) is 0.909. The van der Waals surface area contributed by atoms with E-state index >= 15 is 0 Å². The summed E-state index contributed by atoms with van der Waals surface area (Å²) in [6.07, 6.45) is 3.25. The minimum atomic E-state index is -0.688. The highest BCUT2D eigenvalue weighted by Gasteiger charge is 2.19. The van der Waals surface area contributed by atoms with Crippen LogP contribution in [0.3, 0.4) is 0 Å². The molecule has 18 heavy (non-hydrogen) atoms. The van der Waals surface area contributed by atoms with Crippen molar-refractivity contribution in [2.24, 2.45) is 0 Å². The predicted molar refractivity (Wildman–Crippen MR) is 73.7 cm³/mol. The van der Waals surface area contributed by atoms with Crippen molar-refractivity contribution in [2.75, 3.05) is 16.8 Å². The minimum absolute atomic E-state index is 0.179. The summed E-state index contributed by atoms with van der Waals surface area (Å²) in [4.78, 5) is 11.8. The third kappa shape index (κ3) is 2.92. The van der Waals surface area contributed by atoms with E-state index in [0.717, 1.165) is 12.8 Å². The van der Waals surface area contributed by atoms with Crippen molar-refractivity contribution in [3.63, 3.8) is 0 Å². The van der Waals surface area contributed by atoms with E-state index in [2.05, 4.69) is 10.4 Å². The van der Waals surface area contributed by atoms with Crippen LogP contribution in [-0.2, 0) is 17.3 Å². The normalized spacial score (nSPS) is 23.9. The van der Waals surface area contributed by atoms with E-state index in [1.54, 1.807) is 6.20 Å². The lowest BCUT2D eigenvalue weighted by Gasteiger charge is -2.23. The van der Waals surface area contributed by atoms with E-state index < -0.39 is 10.8 Å². The second kappa shape index (κ2) is 5.84. The monoisotopic (exact) mass is 289 g/mol.